The summed E-state index contributed by atoms with van der Waals surface area (Å²) in [5.74, 6) is 0.495. The lowest BCUT2D eigenvalue weighted by atomic mass is 10.1. The Labute approximate surface area is 162 Å². The number of aromatic nitrogens is 1. The molecule has 1 aromatic heterocycles. The van der Waals surface area contributed by atoms with Crippen LogP contribution in [0.25, 0.3) is 0 Å². The van der Waals surface area contributed by atoms with Gasteiger partial charge in [0.05, 0.1) is 0 Å². The van der Waals surface area contributed by atoms with Gasteiger partial charge < -0.3 is 10.6 Å². The van der Waals surface area contributed by atoms with Crippen LogP contribution in [0.15, 0.2) is 73.1 Å². The van der Waals surface area contributed by atoms with Crippen LogP contribution in [0.4, 0.5) is 11.4 Å². The molecule has 0 saturated carbocycles. The summed E-state index contributed by atoms with van der Waals surface area (Å²) in [6.45, 7) is 0. The number of benzene rings is 2. The summed E-state index contributed by atoms with van der Waals surface area (Å²) >= 11 is 1.74. The van der Waals surface area contributed by atoms with Gasteiger partial charge in [-0.2, -0.15) is 11.8 Å². The zero-order chi connectivity index (χ0) is 19.1. The first kappa shape index (κ1) is 18.7. The van der Waals surface area contributed by atoms with Crippen LogP contribution in [-0.4, -0.2) is 23.1 Å². The van der Waals surface area contributed by atoms with Gasteiger partial charge in [0.1, 0.15) is 0 Å². The van der Waals surface area contributed by atoms with E-state index in [1.165, 1.54) is 5.56 Å². The Morgan fingerprint density at radius 3 is 1.96 bits per heavy atom. The van der Waals surface area contributed by atoms with E-state index in [4.69, 9.17) is 0 Å². The van der Waals surface area contributed by atoms with Crippen molar-refractivity contribution in [3.8, 4) is 0 Å². The quantitative estimate of drug-likeness (QED) is 0.666. The molecule has 6 heteroatoms. The van der Waals surface area contributed by atoms with Crippen molar-refractivity contribution in [3.05, 3.63) is 89.7 Å². The number of nitrogens with one attached hydrogen (secondary N) is 2. The molecule has 0 aliphatic heterocycles. The Kier molecular flexibility index (Phi) is 6.22. The fourth-order valence-corrected chi connectivity index (χ4v) is 3.03. The van der Waals surface area contributed by atoms with E-state index in [0.717, 1.165) is 5.75 Å². The molecule has 0 bridgehead atoms. The van der Waals surface area contributed by atoms with Crippen LogP contribution >= 0.6 is 11.8 Å². The lowest BCUT2D eigenvalue weighted by Gasteiger charge is -2.09. The number of hydrogen-bond donors (Lipinski definition) is 2. The van der Waals surface area contributed by atoms with Crippen LogP contribution in [0.3, 0.4) is 0 Å². The van der Waals surface area contributed by atoms with Gasteiger partial charge in [-0.3, -0.25) is 14.6 Å². The predicted octanol–water partition coefficient (Wildman–Crippen LogP) is 4.45. The molecule has 136 valence electrons. The molecule has 3 rings (SSSR count). The van der Waals surface area contributed by atoms with E-state index in [1.54, 1.807) is 60.6 Å². The maximum Gasteiger partial charge on any atom is 0.255 e. The van der Waals surface area contributed by atoms with Crippen LogP contribution in [-0.2, 0) is 5.75 Å². The monoisotopic (exact) mass is 377 g/mol. The van der Waals surface area contributed by atoms with Gasteiger partial charge in [-0.05, 0) is 54.3 Å². The number of anilines is 2. The van der Waals surface area contributed by atoms with Crippen LogP contribution in [0.1, 0.15) is 26.3 Å². The summed E-state index contributed by atoms with van der Waals surface area (Å²) in [7, 11) is 0. The molecule has 0 fully saturated rings. The van der Waals surface area contributed by atoms with Crippen LogP contribution in [0.5, 0.6) is 0 Å². The van der Waals surface area contributed by atoms with Crippen molar-refractivity contribution >= 4 is 35.0 Å². The van der Waals surface area contributed by atoms with Gasteiger partial charge in [-0.25, -0.2) is 0 Å². The Bertz CT molecular complexity index is 928. The number of carbonyl (C=O) groups is 2. The topological polar surface area (TPSA) is 71.1 Å². The van der Waals surface area contributed by atoms with E-state index in [-0.39, 0.29) is 11.8 Å². The molecule has 2 N–H and O–H groups in total. The first-order chi connectivity index (χ1) is 13.2. The second-order valence-corrected chi connectivity index (χ2v) is 6.72. The highest BCUT2D eigenvalue weighted by Crippen LogP contribution is 2.18. The standard InChI is InChI=1S/C21H19N3O2S/c1-27-14-15-5-7-16(8-6-15)20(25)23-18-3-2-4-19(13-18)24-21(26)17-9-11-22-12-10-17/h2-13H,14H2,1H3,(H,23,25)(H,24,26). The first-order valence-corrected chi connectivity index (χ1v) is 9.76. The molecule has 3 aromatic rings. The molecule has 0 saturated heterocycles. The third-order valence-electron chi connectivity index (χ3n) is 3.85. The highest BCUT2D eigenvalue weighted by Gasteiger charge is 2.09. The second-order valence-electron chi connectivity index (χ2n) is 5.85. The molecular weight excluding hydrogens is 358 g/mol. The molecule has 0 radical (unpaired) electrons. The fourth-order valence-electron chi connectivity index (χ4n) is 2.50. The normalized spacial score (nSPS) is 10.3. The van der Waals surface area contributed by atoms with Crippen LogP contribution in [0, 0.1) is 0 Å². The Balaban J connectivity index is 1.66. The van der Waals surface area contributed by atoms with Crippen LogP contribution < -0.4 is 10.6 Å². The van der Waals surface area contributed by atoms with E-state index < -0.39 is 0 Å². The van der Waals surface area contributed by atoms with Crippen molar-refractivity contribution in [1.29, 1.82) is 0 Å². The number of nitrogens with zero attached hydrogens (tertiary/aromatic N) is 1. The molecule has 1 heterocycles. The highest BCUT2D eigenvalue weighted by atomic mass is 32.2. The molecule has 27 heavy (non-hydrogen) atoms. The Morgan fingerprint density at radius 2 is 1.41 bits per heavy atom. The minimum Gasteiger partial charge on any atom is -0.322 e. The maximum absolute atomic E-state index is 12.4. The molecule has 0 aliphatic rings. The van der Waals surface area contributed by atoms with Crippen molar-refractivity contribution in [2.75, 3.05) is 16.9 Å². The summed E-state index contributed by atoms with van der Waals surface area (Å²) < 4.78 is 0. The lowest BCUT2D eigenvalue weighted by Crippen LogP contribution is -2.14. The summed E-state index contributed by atoms with van der Waals surface area (Å²) in [5.41, 5.74) is 3.50. The average Bonchev–Trinajstić information content (AvgIpc) is 2.70. The molecule has 0 aliphatic carbocycles. The van der Waals surface area contributed by atoms with Gasteiger partial charge in [0.25, 0.3) is 11.8 Å². The highest BCUT2D eigenvalue weighted by molar-refractivity contribution is 7.97. The summed E-state index contributed by atoms with van der Waals surface area (Å²) in [6.07, 6.45) is 5.17. The van der Waals surface area contributed by atoms with Gasteiger partial charge in [-0.15, -0.1) is 0 Å². The van der Waals surface area contributed by atoms with Gasteiger partial charge in [0.15, 0.2) is 0 Å². The molecule has 2 aromatic carbocycles. The number of carbonyl (C=O) groups excluding carboxylic acids is 2. The van der Waals surface area contributed by atoms with Crippen molar-refractivity contribution in [2.45, 2.75) is 5.75 Å². The van der Waals surface area contributed by atoms with Gasteiger partial charge in [-0.1, -0.05) is 18.2 Å². The van der Waals surface area contributed by atoms with E-state index in [1.807, 2.05) is 30.5 Å². The smallest absolute Gasteiger partial charge is 0.255 e. The number of amides is 2. The van der Waals surface area contributed by atoms with Gasteiger partial charge in [0.2, 0.25) is 0 Å². The van der Waals surface area contributed by atoms with Crippen molar-refractivity contribution in [2.24, 2.45) is 0 Å². The van der Waals surface area contributed by atoms with Crippen molar-refractivity contribution in [1.82, 2.24) is 4.98 Å². The number of pyridine rings is 1. The van der Waals surface area contributed by atoms with E-state index in [2.05, 4.69) is 15.6 Å². The minimum absolute atomic E-state index is 0.191. The lowest BCUT2D eigenvalue weighted by molar-refractivity contribution is 0.101. The number of thioether (sulfide) groups is 1. The van der Waals surface area contributed by atoms with Crippen molar-refractivity contribution < 1.29 is 9.59 Å². The summed E-state index contributed by atoms with van der Waals surface area (Å²) in [4.78, 5) is 28.6. The molecule has 0 atom stereocenters. The largest absolute Gasteiger partial charge is 0.322 e. The number of hydrogen-bond acceptors (Lipinski definition) is 4. The van der Waals surface area contributed by atoms with E-state index in [9.17, 15) is 9.59 Å². The Morgan fingerprint density at radius 1 is 0.852 bits per heavy atom. The first-order valence-electron chi connectivity index (χ1n) is 8.36. The summed E-state index contributed by atoms with van der Waals surface area (Å²) in [5, 5.41) is 5.67. The molecule has 2 amide bonds. The van der Waals surface area contributed by atoms with Crippen molar-refractivity contribution in [3.63, 3.8) is 0 Å². The zero-order valence-electron chi connectivity index (χ0n) is 14.8. The molecule has 0 spiro atoms. The second kappa shape index (κ2) is 9.00. The van der Waals surface area contributed by atoms with E-state index in [0.29, 0.717) is 22.5 Å². The molecular formula is C21H19N3O2S. The minimum atomic E-state index is -0.231. The average molecular weight is 377 g/mol. The molecule has 5 nitrogen and oxygen atoms in total. The Hall–Kier alpha value is -3.12. The maximum atomic E-state index is 12.4. The fraction of sp³-hybridized carbons (Fsp3) is 0.0952. The third kappa shape index (κ3) is 5.18. The zero-order valence-corrected chi connectivity index (χ0v) is 15.6. The number of rotatable bonds is 6. The van der Waals surface area contributed by atoms with Gasteiger partial charge >= 0.3 is 0 Å². The third-order valence-corrected chi connectivity index (χ3v) is 4.47. The SMILES string of the molecule is CSCc1ccc(C(=O)Nc2cccc(NC(=O)c3ccncc3)c2)cc1. The predicted molar refractivity (Wildman–Crippen MR) is 110 cm³/mol. The van der Waals surface area contributed by atoms with E-state index >= 15 is 0 Å². The van der Waals surface area contributed by atoms with Gasteiger partial charge in [0, 0.05) is 40.6 Å². The molecule has 0 unspecified atom stereocenters. The van der Waals surface area contributed by atoms with Crippen LogP contribution in [0.2, 0.25) is 0 Å². The summed E-state index contributed by atoms with van der Waals surface area (Å²) in [6, 6.07) is 17.9.